The third-order valence-corrected chi connectivity index (χ3v) is 4.90. The molecule has 0 aromatic carbocycles. The van der Waals surface area contributed by atoms with Crippen molar-refractivity contribution < 1.29 is 4.79 Å². The predicted octanol–water partition coefficient (Wildman–Crippen LogP) is 5.53. The van der Waals surface area contributed by atoms with Gasteiger partial charge < -0.3 is 4.79 Å². The fourth-order valence-corrected chi connectivity index (χ4v) is 3.63. The molecule has 0 heterocycles. The van der Waals surface area contributed by atoms with E-state index in [0.717, 1.165) is 24.8 Å². The lowest BCUT2D eigenvalue weighted by atomic mass is 9.81. The summed E-state index contributed by atoms with van der Waals surface area (Å²) in [7, 11) is -1.21. The summed E-state index contributed by atoms with van der Waals surface area (Å²) in [6, 6.07) is 0.856. The SMILES string of the molecule is CC(C)CCCC(C)(C)CCC(=O)C[Si](C)(C)C. The smallest absolute Gasteiger partial charge is 0.130 e. The lowest BCUT2D eigenvalue weighted by Gasteiger charge is -2.25. The maximum atomic E-state index is 11.9. The second-order valence-electron chi connectivity index (χ2n) is 8.23. The van der Waals surface area contributed by atoms with Crippen LogP contribution in [0.4, 0.5) is 0 Å². The van der Waals surface area contributed by atoms with E-state index in [1.54, 1.807) is 0 Å². The summed E-state index contributed by atoms with van der Waals surface area (Å²) in [5.74, 6) is 1.29. The van der Waals surface area contributed by atoms with Gasteiger partial charge in [0.25, 0.3) is 0 Å². The summed E-state index contributed by atoms with van der Waals surface area (Å²) in [5, 5.41) is 0. The molecule has 0 amide bonds. The van der Waals surface area contributed by atoms with E-state index in [0.29, 0.717) is 11.2 Å². The summed E-state index contributed by atoms with van der Waals surface area (Å²) in [6.07, 6.45) is 5.72. The van der Waals surface area contributed by atoms with Crippen LogP contribution in [0.1, 0.15) is 59.8 Å². The zero-order valence-corrected chi connectivity index (χ0v) is 14.7. The predicted molar refractivity (Wildman–Crippen MR) is 84.9 cm³/mol. The van der Waals surface area contributed by atoms with Crippen LogP contribution in [0.15, 0.2) is 0 Å². The highest BCUT2D eigenvalue weighted by Crippen LogP contribution is 2.30. The Balaban J connectivity index is 3.92. The number of hydrogen-bond donors (Lipinski definition) is 0. The van der Waals surface area contributed by atoms with Crippen molar-refractivity contribution >= 4 is 13.9 Å². The largest absolute Gasteiger partial charge is 0.300 e. The van der Waals surface area contributed by atoms with Crippen LogP contribution in [0, 0.1) is 11.3 Å². The van der Waals surface area contributed by atoms with Gasteiger partial charge in [-0.05, 0) is 24.2 Å². The molecule has 0 aromatic heterocycles. The first-order chi connectivity index (χ1) is 8.02. The van der Waals surface area contributed by atoms with E-state index >= 15 is 0 Å². The summed E-state index contributed by atoms with van der Waals surface area (Å²) in [4.78, 5) is 11.9. The molecule has 108 valence electrons. The standard InChI is InChI=1S/C16H34OSi/c1-14(2)9-8-11-16(3,4)12-10-15(17)13-18(5,6)7/h14H,8-13H2,1-7H3. The molecule has 0 rings (SSSR count). The lowest BCUT2D eigenvalue weighted by Crippen LogP contribution is -2.24. The second kappa shape index (κ2) is 7.47. The van der Waals surface area contributed by atoms with Crippen molar-refractivity contribution in [3.8, 4) is 0 Å². The molecule has 0 unspecified atom stereocenters. The van der Waals surface area contributed by atoms with E-state index in [9.17, 15) is 4.79 Å². The van der Waals surface area contributed by atoms with Gasteiger partial charge in [0.2, 0.25) is 0 Å². The Kier molecular flexibility index (Phi) is 7.42. The minimum Gasteiger partial charge on any atom is -0.300 e. The van der Waals surface area contributed by atoms with Crippen molar-refractivity contribution in [1.82, 2.24) is 0 Å². The molecule has 0 aliphatic rings. The Bertz CT molecular complexity index is 248. The first-order valence-electron chi connectivity index (χ1n) is 7.53. The Labute approximate surface area is 116 Å². The average molecular weight is 271 g/mol. The number of ketones is 1. The molecule has 0 aliphatic carbocycles. The average Bonchev–Trinajstić information content (AvgIpc) is 2.11. The van der Waals surface area contributed by atoms with Crippen LogP contribution in [-0.4, -0.2) is 13.9 Å². The van der Waals surface area contributed by atoms with Crippen LogP contribution >= 0.6 is 0 Å². The molecule has 18 heavy (non-hydrogen) atoms. The molecule has 0 saturated heterocycles. The maximum absolute atomic E-state index is 11.9. The molecule has 0 aliphatic heterocycles. The van der Waals surface area contributed by atoms with Crippen molar-refractivity contribution in [2.24, 2.45) is 11.3 Å². The minimum atomic E-state index is -1.21. The van der Waals surface area contributed by atoms with Crippen molar-refractivity contribution in [2.75, 3.05) is 0 Å². The number of carbonyl (C=O) groups excluding carboxylic acids is 1. The van der Waals surface area contributed by atoms with Gasteiger partial charge >= 0.3 is 0 Å². The molecule has 0 spiro atoms. The van der Waals surface area contributed by atoms with Crippen molar-refractivity contribution in [1.29, 1.82) is 0 Å². The van der Waals surface area contributed by atoms with Crippen LogP contribution < -0.4 is 0 Å². The Morgan fingerprint density at radius 2 is 1.67 bits per heavy atom. The molecule has 0 saturated carbocycles. The molecule has 0 N–H and O–H groups in total. The Hall–Kier alpha value is -0.113. The Morgan fingerprint density at radius 3 is 2.11 bits per heavy atom. The number of rotatable bonds is 9. The number of Topliss-reactive ketones (excluding diaryl/α,β-unsaturated/α-hetero) is 1. The van der Waals surface area contributed by atoms with Crippen LogP contribution in [0.25, 0.3) is 0 Å². The molecule has 0 fully saturated rings. The highest BCUT2D eigenvalue weighted by Gasteiger charge is 2.22. The summed E-state index contributed by atoms with van der Waals surface area (Å²) in [6.45, 7) is 16.0. The zero-order chi connectivity index (χ0) is 14.4. The van der Waals surface area contributed by atoms with E-state index in [-0.39, 0.29) is 0 Å². The Morgan fingerprint density at radius 1 is 1.11 bits per heavy atom. The fourth-order valence-electron chi connectivity index (χ4n) is 2.27. The van der Waals surface area contributed by atoms with E-state index in [1.165, 1.54) is 19.3 Å². The molecule has 1 nitrogen and oxygen atoms in total. The summed E-state index contributed by atoms with van der Waals surface area (Å²) < 4.78 is 0. The van der Waals surface area contributed by atoms with Gasteiger partial charge in [0.1, 0.15) is 5.78 Å². The highest BCUT2D eigenvalue weighted by molar-refractivity contribution is 6.78. The highest BCUT2D eigenvalue weighted by atomic mass is 28.3. The second-order valence-corrected chi connectivity index (χ2v) is 13.7. The number of carbonyl (C=O) groups is 1. The quantitative estimate of drug-likeness (QED) is 0.504. The van der Waals surface area contributed by atoms with E-state index in [2.05, 4.69) is 47.3 Å². The van der Waals surface area contributed by atoms with Crippen LogP contribution in [-0.2, 0) is 4.79 Å². The monoisotopic (exact) mass is 270 g/mol. The van der Waals surface area contributed by atoms with Crippen molar-refractivity contribution in [3.05, 3.63) is 0 Å². The van der Waals surface area contributed by atoms with E-state index < -0.39 is 8.07 Å². The van der Waals surface area contributed by atoms with E-state index in [1.807, 2.05) is 0 Å². The summed E-state index contributed by atoms with van der Waals surface area (Å²) in [5.41, 5.74) is 0.337. The first-order valence-corrected chi connectivity index (χ1v) is 11.2. The molecule has 0 aromatic rings. The van der Waals surface area contributed by atoms with Gasteiger partial charge in [0, 0.05) is 12.5 Å². The summed E-state index contributed by atoms with van der Waals surface area (Å²) >= 11 is 0. The zero-order valence-electron chi connectivity index (χ0n) is 13.7. The van der Waals surface area contributed by atoms with Crippen LogP contribution in [0.2, 0.25) is 25.7 Å². The van der Waals surface area contributed by atoms with E-state index in [4.69, 9.17) is 0 Å². The third-order valence-electron chi connectivity index (χ3n) is 3.44. The third kappa shape index (κ3) is 11.0. The molecule has 2 heteroatoms. The van der Waals surface area contributed by atoms with Gasteiger partial charge in [0.05, 0.1) is 8.07 Å². The first kappa shape index (κ1) is 17.9. The molecule has 0 radical (unpaired) electrons. The normalized spacial score (nSPS) is 13.1. The molecular weight excluding hydrogens is 236 g/mol. The topological polar surface area (TPSA) is 17.1 Å². The lowest BCUT2D eigenvalue weighted by molar-refractivity contribution is -0.117. The van der Waals surface area contributed by atoms with Gasteiger partial charge in [-0.1, -0.05) is 60.2 Å². The molecule has 0 bridgehead atoms. The van der Waals surface area contributed by atoms with Gasteiger partial charge in [-0.3, -0.25) is 0 Å². The van der Waals surface area contributed by atoms with Crippen molar-refractivity contribution in [2.45, 2.75) is 85.5 Å². The van der Waals surface area contributed by atoms with Crippen LogP contribution in [0.3, 0.4) is 0 Å². The fraction of sp³-hybridized carbons (Fsp3) is 0.938. The molecule has 0 atom stereocenters. The van der Waals surface area contributed by atoms with Gasteiger partial charge in [0.15, 0.2) is 0 Å². The maximum Gasteiger partial charge on any atom is 0.130 e. The minimum absolute atomic E-state index is 0.337. The van der Waals surface area contributed by atoms with Crippen LogP contribution in [0.5, 0.6) is 0 Å². The van der Waals surface area contributed by atoms with Gasteiger partial charge in [-0.2, -0.15) is 0 Å². The van der Waals surface area contributed by atoms with Gasteiger partial charge in [-0.25, -0.2) is 0 Å². The van der Waals surface area contributed by atoms with Gasteiger partial charge in [-0.15, -0.1) is 0 Å². The molecular formula is C16H34OSi. The number of hydrogen-bond acceptors (Lipinski definition) is 1. The van der Waals surface area contributed by atoms with Crippen molar-refractivity contribution in [3.63, 3.8) is 0 Å².